The van der Waals surface area contributed by atoms with Gasteiger partial charge in [0.25, 0.3) is 5.56 Å². The van der Waals surface area contributed by atoms with Crippen molar-refractivity contribution < 1.29 is 0 Å². The topological polar surface area (TPSA) is 26.9 Å². The smallest absolute Gasteiger partial charge is 0.258 e. The van der Waals surface area contributed by atoms with Crippen molar-refractivity contribution in [2.45, 2.75) is 6.92 Å². The first-order valence-electron chi connectivity index (χ1n) is 12.9. The molecule has 0 saturated carbocycles. The lowest BCUT2D eigenvalue weighted by Gasteiger charge is -2.12. The lowest BCUT2D eigenvalue weighted by atomic mass is 10.0. The second-order valence-corrected chi connectivity index (χ2v) is 9.99. The Labute approximate surface area is 220 Å². The van der Waals surface area contributed by atoms with E-state index in [1.54, 1.807) is 4.57 Å². The Morgan fingerprint density at radius 2 is 1.08 bits per heavy atom. The van der Waals surface area contributed by atoms with E-state index in [1.165, 1.54) is 33.0 Å². The van der Waals surface area contributed by atoms with Gasteiger partial charge in [-0.05, 0) is 76.5 Å². The fourth-order valence-corrected chi connectivity index (χ4v) is 5.72. The SMILES string of the molecule is Cc1cn(C)c(=O)c2cc(-n3c4ccc(-c5ccccc5)cc4c4cc(-c5ccccc5)ccc43)ccc12. The molecule has 2 aromatic heterocycles. The highest BCUT2D eigenvalue weighted by Gasteiger charge is 2.16. The van der Waals surface area contributed by atoms with Crippen LogP contribution in [0.4, 0.5) is 0 Å². The molecule has 0 aliphatic carbocycles. The number of rotatable bonds is 3. The molecule has 0 unspecified atom stereocenters. The predicted octanol–water partition coefficient (Wildman–Crippen LogP) is 8.28. The summed E-state index contributed by atoms with van der Waals surface area (Å²) in [5.74, 6) is 0. The van der Waals surface area contributed by atoms with Gasteiger partial charge in [0.1, 0.15) is 0 Å². The monoisotopic (exact) mass is 490 g/mol. The minimum Gasteiger partial charge on any atom is -0.318 e. The molecule has 7 rings (SSSR count). The van der Waals surface area contributed by atoms with Crippen molar-refractivity contribution in [3.63, 3.8) is 0 Å². The van der Waals surface area contributed by atoms with Gasteiger partial charge in [-0.25, -0.2) is 0 Å². The molecule has 0 bridgehead atoms. The summed E-state index contributed by atoms with van der Waals surface area (Å²) in [6.45, 7) is 2.05. The second kappa shape index (κ2) is 8.60. The Bertz CT molecular complexity index is 1950. The van der Waals surface area contributed by atoms with Gasteiger partial charge in [-0.1, -0.05) is 78.9 Å². The van der Waals surface area contributed by atoms with Crippen LogP contribution in [-0.2, 0) is 7.05 Å². The Balaban J connectivity index is 1.55. The Morgan fingerprint density at radius 1 is 0.526 bits per heavy atom. The van der Waals surface area contributed by atoms with E-state index in [2.05, 4.69) is 109 Å². The van der Waals surface area contributed by atoms with E-state index in [-0.39, 0.29) is 5.56 Å². The maximum absolute atomic E-state index is 13.1. The van der Waals surface area contributed by atoms with Gasteiger partial charge < -0.3 is 9.13 Å². The van der Waals surface area contributed by atoms with Gasteiger partial charge in [0.2, 0.25) is 0 Å². The third-order valence-corrected chi connectivity index (χ3v) is 7.60. The van der Waals surface area contributed by atoms with Gasteiger partial charge in [-0.3, -0.25) is 4.79 Å². The number of aromatic nitrogens is 2. The fourth-order valence-electron chi connectivity index (χ4n) is 5.72. The first-order chi connectivity index (χ1) is 18.6. The molecule has 38 heavy (non-hydrogen) atoms. The van der Waals surface area contributed by atoms with Crippen molar-refractivity contribution in [1.82, 2.24) is 9.13 Å². The molecule has 3 heteroatoms. The predicted molar refractivity (Wildman–Crippen MR) is 159 cm³/mol. The molecule has 7 aromatic rings. The average Bonchev–Trinajstić information content (AvgIpc) is 3.29. The quantitative estimate of drug-likeness (QED) is 0.245. The van der Waals surface area contributed by atoms with Crippen LogP contribution in [0.25, 0.3) is 60.5 Å². The van der Waals surface area contributed by atoms with Crippen LogP contribution in [-0.4, -0.2) is 9.13 Å². The number of benzene rings is 5. The zero-order valence-corrected chi connectivity index (χ0v) is 21.3. The minimum atomic E-state index is 0.0194. The summed E-state index contributed by atoms with van der Waals surface area (Å²) in [5.41, 5.74) is 9.10. The van der Waals surface area contributed by atoms with E-state index in [4.69, 9.17) is 0 Å². The van der Waals surface area contributed by atoms with Crippen molar-refractivity contribution in [3.05, 3.63) is 137 Å². The Hall–Kier alpha value is -4.89. The third-order valence-electron chi connectivity index (χ3n) is 7.60. The number of fused-ring (bicyclic) bond motifs is 4. The highest BCUT2D eigenvalue weighted by molar-refractivity contribution is 6.11. The van der Waals surface area contributed by atoms with Crippen molar-refractivity contribution in [2.24, 2.45) is 7.05 Å². The molecule has 2 heterocycles. The highest BCUT2D eigenvalue weighted by atomic mass is 16.1. The Kier molecular flexibility index (Phi) is 5.05. The molecule has 0 atom stereocenters. The van der Waals surface area contributed by atoms with Crippen LogP contribution >= 0.6 is 0 Å². The van der Waals surface area contributed by atoms with Crippen LogP contribution in [0.15, 0.2) is 126 Å². The molecule has 0 aliphatic heterocycles. The summed E-state index contributed by atoms with van der Waals surface area (Å²) in [6, 6.07) is 40.6. The summed E-state index contributed by atoms with van der Waals surface area (Å²) in [4.78, 5) is 13.1. The van der Waals surface area contributed by atoms with Gasteiger partial charge in [0.15, 0.2) is 0 Å². The van der Waals surface area contributed by atoms with E-state index in [0.29, 0.717) is 0 Å². The van der Waals surface area contributed by atoms with Crippen molar-refractivity contribution in [3.8, 4) is 27.9 Å². The van der Waals surface area contributed by atoms with E-state index >= 15 is 0 Å². The molecule has 182 valence electrons. The molecule has 0 amide bonds. The summed E-state index contributed by atoms with van der Waals surface area (Å²) in [5, 5.41) is 4.12. The largest absolute Gasteiger partial charge is 0.318 e. The number of aryl methyl sites for hydroxylation is 2. The van der Waals surface area contributed by atoms with Gasteiger partial charge in [-0.15, -0.1) is 0 Å². The first kappa shape index (κ1) is 22.3. The summed E-state index contributed by atoms with van der Waals surface area (Å²) >= 11 is 0. The van der Waals surface area contributed by atoms with Gasteiger partial charge >= 0.3 is 0 Å². The van der Waals surface area contributed by atoms with Crippen LogP contribution in [0, 0.1) is 6.92 Å². The molecular weight excluding hydrogens is 464 g/mol. The first-order valence-corrected chi connectivity index (χ1v) is 12.9. The fraction of sp³-hybridized carbons (Fsp3) is 0.0571. The Morgan fingerprint density at radius 3 is 1.63 bits per heavy atom. The van der Waals surface area contributed by atoms with E-state index in [1.807, 2.05) is 31.4 Å². The highest BCUT2D eigenvalue weighted by Crippen LogP contribution is 2.37. The molecule has 0 fully saturated rings. The lowest BCUT2D eigenvalue weighted by Crippen LogP contribution is -2.17. The number of pyridine rings is 1. The molecule has 0 radical (unpaired) electrons. The summed E-state index contributed by atoms with van der Waals surface area (Å²) in [7, 11) is 1.82. The van der Waals surface area contributed by atoms with E-state index in [9.17, 15) is 4.79 Å². The van der Waals surface area contributed by atoms with Crippen LogP contribution < -0.4 is 5.56 Å². The molecule has 0 spiro atoms. The minimum absolute atomic E-state index is 0.0194. The summed E-state index contributed by atoms with van der Waals surface area (Å²) in [6.07, 6.45) is 1.90. The van der Waals surface area contributed by atoms with Crippen LogP contribution in [0.2, 0.25) is 0 Å². The lowest BCUT2D eigenvalue weighted by molar-refractivity contribution is 0.866. The van der Waals surface area contributed by atoms with Crippen LogP contribution in [0.1, 0.15) is 5.56 Å². The number of nitrogens with zero attached hydrogens (tertiary/aromatic N) is 2. The van der Waals surface area contributed by atoms with Gasteiger partial charge in [0, 0.05) is 35.1 Å². The van der Waals surface area contributed by atoms with Gasteiger partial charge in [-0.2, -0.15) is 0 Å². The van der Waals surface area contributed by atoms with E-state index in [0.717, 1.165) is 33.1 Å². The van der Waals surface area contributed by atoms with Crippen molar-refractivity contribution in [1.29, 1.82) is 0 Å². The zero-order valence-electron chi connectivity index (χ0n) is 21.3. The van der Waals surface area contributed by atoms with Crippen LogP contribution in [0.5, 0.6) is 0 Å². The molecule has 0 N–H and O–H groups in total. The molecular formula is C35H26N2O. The van der Waals surface area contributed by atoms with Gasteiger partial charge in [0.05, 0.1) is 11.0 Å². The molecule has 5 aromatic carbocycles. The van der Waals surface area contributed by atoms with E-state index < -0.39 is 0 Å². The second-order valence-electron chi connectivity index (χ2n) is 9.99. The number of hydrogen-bond donors (Lipinski definition) is 0. The zero-order chi connectivity index (χ0) is 25.8. The normalized spacial score (nSPS) is 11.5. The molecule has 3 nitrogen and oxygen atoms in total. The van der Waals surface area contributed by atoms with Crippen LogP contribution in [0.3, 0.4) is 0 Å². The number of hydrogen-bond acceptors (Lipinski definition) is 1. The standard InChI is InChI=1S/C35H26N2O/c1-23-22-36(2)35(38)32-21-28(15-16-29(23)32)37-33-17-13-26(24-9-5-3-6-10-24)19-30(33)31-20-27(14-18-34(31)37)25-11-7-4-8-12-25/h3-22H,1-2H3. The van der Waals surface area contributed by atoms with Crippen molar-refractivity contribution in [2.75, 3.05) is 0 Å². The third kappa shape index (κ3) is 3.47. The average molecular weight is 491 g/mol. The maximum Gasteiger partial charge on any atom is 0.258 e. The maximum atomic E-state index is 13.1. The molecule has 0 saturated heterocycles. The summed E-state index contributed by atoms with van der Waals surface area (Å²) < 4.78 is 3.96. The van der Waals surface area contributed by atoms with Crippen molar-refractivity contribution >= 4 is 32.6 Å². The molecule has 0 aliphatic rings.